The van der Waals surface area contributed by atoms with Crippen LogP contribution < -0.4 is 10.2 Å². The maximum Gasteiger partial charge on any atom is 0.326 e. The Morgan fingerprint density at radius 3 is 2.42 bits per heavy atom. The van der Waals surface area contributed by atoms with Crippen LogP contribution in [0.1, 0.15) is 44.0 Å². The molecule has 0 aromatic heterocycles. The number of amides is 1. The molecule has 0 saturated carbocycles. The number of carbonyl (C=O) groups excluding carboxylic acids is 1. The second-order valence-electron chi connectivity index (χ2n) is 7.16. The van der Waals surface area contributed by atoms with Crippen molar-refractivity contribution in [1.29, 1.82) is 0 Å². The summed E-state index contributed by atoms with van der Waals surface area (Å²) in [5.74, 6) is -1.48. The molecule has 1 heterocycles. The Hall–Kier alpha value is -2.64. The summed E-state index contributed by atoms with van der Waals surface area (Å²) in [6.45, 7) is 7.00. The van der Waals surface area contributed by atoms with Gasteiger partial charge in [-0.25, -0.2) is 4.79 Å². The van der Waals surface area contributed by atoms with Gasteiger partial charge in [-0.15, -0.1) is 0 Å². The van der Waals surface area contributed by atoms with Gasteiger partial charge in [0, 0.05) is 24.7 Å². The predicted octanol–water partition coefficient (Wildman–Crippen LogP) is 2.67. The number of nitro groups is 1. The van der Waals surface area contributed by atoms with E-state index in [-0.39, 0.29) is 17.2 Å². The molecule has 26 heavy (non-hydrogen) atoms. The van der Waals surface area contributed by atoms with E-state index in [0.717, 1.165) is 25.9 Å². The standard InChI is InChI=1S/C18H25N3O5/c1-11(2)16(18(23)24)19-17(22)13-4-5-14(15(10-13)21(25)26)20-8-6-12(3)7-9-20/h4-5,10-12,16H,6-9H2,1-3H3,(H,19,22)(H,23,24)/t16-/m1/s1. The van der Waals surface area contributed by atoms with Gasteiger partial charge in [-0.2, -0.15) is 0 Å². The van der Waals surface area contributed by atoms with Gasteiger partial charge in [0.2, 0.25) is 0 Å². The Morgan fingerprint density at radius 1 is 1.31 bits per heavy atom. The van der Waals surface area contributed by atoms with Gasteiger partial charge in [0.25, 0.3) is 11.6 Å². The lowest BCUT2D eigenvalue weighted by atomic mass is 9.98. The molecule has 0 unspecified atom stereocenters. The molecule has 8 nitrogen and oxygen atoms in total. The summed E-state index contributed by atoms with van der Waals surface area (Å²) in [5.41, 5.74) is 0.443. The number of carboxylic acids is 1. The highest BCUT2D eigenvalue weighted by atomic mass is 16.6. The van der Waals surface area contributed by atoms with E-state index < -0.39 is 22.8 Å². The van der Waals surface area contributed by atoms with E-state index in [1.165, 1.54) is 12.1 Å². The summed E-state index contributed by atoms with van der Waals surface area (Å²) < 4.78 is 0. The average molecular weight is 363 g/mol. The lowest BCUT2D eigenvalue weighted by molar-refractivity contribution is -0.384. The molecular formula is C18H25N3O5. The molecule has 1 aliphatic rings. The highest BCUT2D eigenvalue weighted by Crippen LogP contribution is 2.32. The summed E-state index contributed by atoms with van der Waals surface area (Å²) in [5, 5.41) is 23.1. The van der Waals surface area contributed by atoms with Crippen molar-refractivity contribution in [1.82, 2.24) is 5.32 Å². The molecule has 142 valence electrons. The van der Waals surface area contributed by atoms with Crippen molar-refractivity contribution in [2.45, 2.75) is 39.7 Å². The van der Waals surface area contributed by atoms with Crippen LogP contribution in [0.5, 0.6) is 0 Å². The number of aliphatic carboxylic acids is 1. The van der Waals surface area contributed by atoms with Gasteiger partial charge in [-0.3, -0.25) is 14.9 Å². The molecule has 2 N–H and O–H groups in total. The fraction of sp³-hybridized carbons (Fsp3) is 0.556. The number of nitrogens with one attached hydrogen (secondary N) is 1. The minimum absolute atomic E-state index is 0.0812. The van der Waals surface area contributed by atoms with Crippen molar-refractivity contribution in [2.75, 3.05) is 18.0 Å². The zero-order chi connectivity index (χ0) is 19.4. The molecule has 2 rings (SSSR count). The fourth-order valence-corrected chi connectivity index (χ4v) is 3.07. The van der Waals surface area contributed by atoms with Crippen LogP contribution in [0.4, 0.5) is 11.4 Å². The molecule has 1 aliphatic heterocycles. The second kappa shape index (κ2) is 8.16. The zero-order valence-corrected chi connectivity index (χ0v) is 15.3. The summed E-state index contributed by atoms with van der Waals surface area (Å²) >= 11 is 0. The average Bonchev–Trinajstić information content (AvgIpc) is 2.59. The Bertz CT molecular complexity index is 696. The maximum absolute atomic E-state index is 12.4. The first-order valence-electron chi connectivity index (χ1n) is 8.77. The van der Waals surface area contributed by atoms with Crippen LogP contribution in [-0.4, -0.2) is 41.0 Å². The van der Waals surface area contributed by atoms with Gasteiger partial charge in [0.1, 0.15) is 11.7 Å². The minimum atomic E-state index is -1.14. The predicted molar refractivity (Wildman–Crippen MR) is 97.4 cm³/mol. The molecule has 0 radical (unpaired) electrons. The second-order valence-corrected chi connectivity index (χ2v) is 7.16. The fourth-order valence-electron chi connectivity index (χ4n) is 3.07. The Balaban J connectivity index is 2.26. The van der Waals surface area contributed by atoms with Gasteiger partial charge in [0.15, 0.2) is 0 Å². The van der Waals surface area contributed by atoms with Gasteiger partial charge < -0.3 is 15.3 Å². The van der Waals surface area contributed by atoms with Gasteiger partial charge in [-0.05, 0) is 36.8 Å². The Morgan fingerprint density at radius 2 is 1.92 bits per heavy atom. The van der Waals surface area contributed by atoms with E-state index in [1.807, 2.05) is 4.90 Å². The maximum atomic E-state index is 12.4. The van der Waals surface area contributed by atoms with Crippen molar-refractivity contribution < 1.29 is 19.6 Å². The van der Waals surface area contributed by atoms with Crippen LogP contribution in [0.2, 0.25) is 0 Å². The van der Waals surface area contributed by atoms with Crippen molar-refractivity contribution >= 4 is 23.3 Å². The number of carboxylic acid groups (broad SMARTS) is 1. The molecular weight excluding hydrogens is 338 g/mol. The number of benzene rings is 1. The van der Waals surface area contributed by atoms with Crippen LogP contribution >= 0.6 is 0 Å². The lowest BCUT2D eigenvalue weighted by Gasteiger charge is -2.31. The summed E-state index contributed by atoms with van der Waals surface area (Å²) in [6.07, 6.45) is 1.93. The van der Waals surface area contributed by atoms with Gasteiger partial charge >= 0.3 is 5.97 Å². The third-order valence-electron chi connectivity index (χ3n) is 4.78. The molecule has 1 atom stereocenters. The number of hydrogen-bond donors (Lipinski definition) is 2. The monoisotopic (exact) mass is 363 g/mol. The van der Waals surface area contributed by atoms with E-state index >= 15 is 0 Å². The van der Waals surface area contributed by atoms with E-state index in [0.29, 0.717) is 11.6 Å². The number of hydrogen-bond acceptors (Lipinski definition) is 5. The number of anilines is 1. The first kappa shape index (κ1) is 19.7. The van der Waals surface area contributed by atoms with Crippen LogP contribution in [0.3, 0.4) is 0 Å². The Labute approximate surface area is 152 Å². The zero-order valence-electron chi connectivity index (χ0n) is 15.3. The normalized spacial score (nSPS) is 16.4. The third kappa shape index (κ3) is 4.50. The van der Waals surface area contributed by atoms with Gasteiger partial charge in [0.05, 0.1) is 4.92 Å². The molecule has 1 saturated heterocycles. The van der Waals surface area contributed by atoms with Gasteiger partial charge in [-0.1, -0.05) is 20.8 Å². The highest BCUT2D eigenvalue weighted by Gasteiger charge is 2.27. The molecule has 8 heteroatoms. The smallest absolute Gasteiger partial charge is 0.326 e. The molecule has 1 aromatic carbocycles. The number of carbonyl (C=O) groups is 2. The third-order valence-corrected chi connectivity index (χ3v) is 4.78. The van der Waals surface area contributed by atoms with E-state index in [2.05, 4.69) is 12.2 Å². The molecule has 1 aromatic rings. The molecule has 0 aliphatic carbocycles. The van der Waals surface area contributed by atoms with E-state index in [1.54, 1.807) is 19.9 Å². The number of nitro benzene ring substituents is 1. The number of rotatable bonds is 6. The topological polar surface area (TPSA) is 113 Å². The van der Waals surface area contributed by atoms with Crippen LogP contribution in [0.15, 0.2) is 18.2 Å². The largest absolute Gasteiger partial charge is 0.480 e. The first-order valence-corrected chi connectivity index (χ1v) is 8.77. The SMILES string of the molecule is CC1CCN(c2ccc(C(=O)N[C@@H](C(=O)O)C(C)C)cc2[N+](=O)[O-])CC1. The highest BCUT2D eigenvalue weighted by molar-refractivity contribution is 5.98. The van der Waals surface area contributed by atoms with Crippen LogP contribution in [0.25, 0.3) is 0 Å². The van der Waals surface area contributed by atoms with E-state index in [9.17, 15) is 24.8 Å². The first-order chi connectivity index (χ1) is 12.2. The van der Waals surface area contributed by atoms with Crippen molar-refractivity contribution in [3.63, 3.8) is 0 Å². The molecule has 1 amide bonds. The summed E-state index contributed by atoms with van der Waals surface area (Å²) in [4.78, 5) is 36.6. The quantitative estimate of drug-likeness (QED) is 0.593. The van der Waals surface area contributed by atoms with Crippen molar-refractivity contribution in [2.24, 2.45) is 11.8 Å². The summed E-state index contributed by atoms with van der Waals surface area (Å²) in [6, 6.07) is 3.26. The van der Waals surface area contributed by atoms with Crippen molar-refractivity contribution in [3.05, 3.63) is 33.9 Å². The van der Waals surface area contributed by atoms with Crippen LogP contribution in [-0.2, 0) is 4.79 Å². The Kier molecular flexibility index (Phi) is 6.18. The van der Waals surface area contributed by atoms with Crippen LogP contribution in [0, 0.1) is 22.0 Å². The van der Waals surface area contributed by atoms with E-state index in [4.69, 9.17) is 0 Å². The molecule has 0 spiro atoms. The number of nitrogens with zero attached hydrogens (tertiary/aromatic N) is 2. The van der Waals surface area contributed by atoms with Crippen molar-refractivity contribution in [3.8, 4) is 0 Å². The number of piperidine rings is 1. The summed E-state index contributed by atoms with van der Waals surface area (Å²) in [7, 11) is 0. The molecule has 0 bridgehead atoms. The lowest BCUT2D eigenvalue weighted by Crippen LogP contribution is -2.44. The molecule has 1 fully saturated rings. The minimum Gasteiger partial charge on any atom is -0.480 e.